The second kappa shape index (κ2) is 4.80. The van der Waals surface area contributed by atoms with E-state index in [0.29, 0.717) is 40.6 Å². The zero-order chi connectivity index (χ0) is 14.1. The van der Waals surface area contributed by atoms with Crippen LogP contribution in [0, 0.1) is 0 Å². The van der Waals surface area contributed by atoms with Crippen LogP contribution in [0.25, 0.3) is 0 Å². The van der Waals surface area contributed by atoms with Crippen LogP contribution >= 0.6 is 0 Å². The lowest BCUT2D eigenvalue weighted by Gasteiger charge is -2.09. The van der Waals surface area contributed by atoms with Gasteiger partial charge in [0.15, 0.2) is 11.5 Å². The summed E-state index contributed by atoms with van der Waals surface area (Å²) in [6.45, 7) is 2.08. The molecule has 1 aliphatic rings. The van der Waals surface area contributed by atoms with E-state index in [1.807, 2.05) is 6.92 Å². The topological polar surface area (TPSA) is 86.7 Å². The lowest BCUT2D eigenvalue weighted by molar-refractivity contribution is 0.102. The number of furan rings is 1. The van der Waals surface area contributed by atoms with Gasteiger partial charge in [-0.1, -0.05) is 6.92 Å². The standard InChI is InChI=1S/C14H14N2O4/c1-2-11-8(3-4-18-11)14(17)16-10-6-13-12(5-9(10)15)19-7-20-13/h3-6H,2,7,15H2,1H3,(H,16,17). The molecule has 3 rings (SSSR count). The number of ether oxygens (including phenoxy) is 2. The molecule has 0 spiro atoms. The van der Waals surface area contributed by atoms with E-state index in [-0.39, 0.29) is 12.7 Å². The Morgan fingerprint density at radius 2 is 2.10 bits per heavy atom. The highest BCUT2D eigenvalue weighted by molar-refractivity contribution is 6.06. The molecule has 6 heteroatoms. The third kappa shape index (κ3) is 2.05. The van der Waals surface area contributed by atoms with Crippen molar-refractivity contribution >= 4 is 17.3 Å². The maximum Gasteiger partial charge on any atom is 0.259 e. The fourth-order valence-corrected chi connectivity index (χ4v) is 2.07. The molecule has 0 radical (unpaired) electrons. The Morgan fingerprint density at radius 3 is 2.85 bits per heavy atom. The fourth-order valence-electron chi connectivity index (χ4n) is 2.07. The Labute approximate surface area is 115 Å². The molecule has 104 valence electrons. The molecule has 6 nitrogen and oxygen atoms in total. The number of amides is 1. The van der Waals surface area contributed by atoms with Crippen LogP contribution in [-0.2, 0) is 6.42 Å². The molecular formula is C14H14N2O4. The molecule has 2 aromatic rings. The fraction of sp³-hybridized carbons (Fsp3) is 0.214. The van der Waals surface area contributed by atoms with Crippen molar-refractivity contribution in [1.29, 1.82) is 0 Å². The highest BCUT2D eigenvalue weighted by Gasteiger charge is 2.19. The number of aryl methyl sites for hydroxylation is 1. The largest absolute Gasteiger partial charge is 0.469 e. The van der Waals surface area contributed by atoms with Crippen molar-refractivity contribution in [2.45, 2.75) is 13.3 Å². The van der Waals surface area contributed by atoms with Gasteiger partial charge in [0.1, 0.15) is 5.76 Å². The van der Waals surface area contributed by atoms with Crippen molar-refractivity contribution in [2.75, 3.05) is 17.8 Å². The molecule has 0 saturated heterocycles. The van der Waals surface area contributed by atoms with E-state index in [1.165, 1.54) is 6.26 Å². The van der Waals surface area contributed by atoms with Gasteiger partial charge in [-0.05, 0) is 6.07 Å². The molecule has 0 fully saturated rings. The first-order valence-electron chi connectivity index (χ1n) is 6.26. The predicted octanol–water partition coefficient (Wildman–Crippen LogP) is 2.41. The number of hydrogen-bond donors (Lipinski definition) is 2. The molecule has 3 N–H and O–H groups in total. The third-order valence-electron chi connectivity index (χ3n) is 3.10. The van der Waals surface area contributed by atoms with Gasteiger partial charge < -0.3 is 24.9 Å². The number of hydrogen-bond acceptors (Lipinski definition) is 5. The number of anilines is 2. The minimum atomic E-state index is -0.263. The third-order valence-corrected chi connectivity index (χ3v) is 3.10. The maximum absolute atomic E-state index is 12.2. The van der Waals surface area contributed by atoms with E-state index in [2.05, 4.69) is 5.32 Å². The van der Waals surface area contributed by atoms with E-state index in [9.17, 15) is 4.79 Å². The van der Waals surface area contributed by atoms with Crippen LogP contribution in [0.3, 0.4) is 0 Å². The van der Waals surface area contributed by atoms with E-state index in [4.69, 9.17) is 19.6 Å². The van der Waals surface area contributed by atoms with Crippen LogP contribution in [-0.4, -0.2) is 12.7 Å². The first-order valence-corrected chi connectivity index (χ1v) is 6.26. The summed E-state index contributed by atoms with van der Waals surface area (Å²) < 4.78 is 15.7. The van der Waals surface area contributed by atoms with E-state index >= 15 is 0 Å². The highest BCUT2D eigenvalue weighted by Crippen LogP contribution is 2.38. The molecule has 0 unspecified atom stereocenters. The summed E-state index contributed by atoms with van der Waals surface area (Å²) in [5.74, 6) is 1.53. The Hall–Kier alpha value is -2.63. The number of rotatable bonds is 3. The molecule has 0 saturated carbocycles. The van der Waals surface area contributed by atoms with Crippen LogP contribution in [0.2, 0.25) is 0 Å². The lowest BCUT2D eigenvalue weighted by Crippen LogP contribution is -2.14. The summed E-state index contributed by atoms with van der Waals surface area (Å²) in [6.07, 6.45) is 2.14. The summed E-state index contributed by atoms with van der Waals surface area (Å²) in [5, 5.41) is 2.76. The molecule has 1 aliphatic heterocycles. The van der Waals surface area contributed by atoms with Gasteiger partial charge in [0.2, 0.25) is 6.79 Å². The lowest BCUT2D eigenvalue weighted by atomic mass is 10.2. The van der Waals surface area contributed by atoms with Crippen molar-refractivity contribution < 1.29 is 18.7 Å². The van der Waals surface area contributed by atoms with Crippen LogP contribution < -0.4 is 20.5 Å². The second-order valence-corrected chi connectivity index (χ2v) is 4.36. The van der Waals surface area contributed by atoms with Gasteiger partial charge in [0.25, 0.3) is 5.91 Å². The molecule has 0 aliphatic carbocycles. The number of benzene rings is 1. The monoisotopic (exact) mass is 274 g/mol. The molecule has 1 amide bonds. The van der Waals surface area contributed by atoms with Crippen molar-refractivity contribution in [2.24, 2.45) is 0 Å². The van der Waals surface area contributed by atoms with Crippen molar-refractivity contribution in [1.82, 2.24) is 0 Å². The maximum atomic E-state index is 12.2. The normalized spacial score (nSPS) is 12.4. The Bertz CT molecular complexity index is 663. The van der Waals surface area contributed by atoms with E-state index in [1.54, 1.807) is 18.2 Å². The van der Waals surface area contributed by atoms with Gasteiger partial charge in [0.05, 0.1) is 23.2 Å². The number of nitrogens with one attached hydrogen (secondary N) is 1. The molecule has 0 atom stereocenters. The highest BCUT2D eigenvalue weighted by atomic mass is 16.7. The molecule has 0 bridgehead atoms. The molecular weight excluding hydrogens is 260 g/mol. The van der Waals surface area contributed by atoms with Gasteiger partial charge in [-0.15, -0.1) is 0 Å². The zero-order valence-corrected chi connectivity index (χ0v) is 10.9. The van der Waals surface area contributed by atoms with Gasteiger partial charge in [-0.3, -0.25) is 4.79 Å². The Kier molecular flexibility index (Phi) is 2.98. The summed E-state index contributed by atoms with van der Waals surface area (Å²) >= 11 is 0. The molecule has 1 aromatic heterocycles. The van der Waals surface area contributed by atoms with Gasteiger partial charge >= 0.3 is 0 Å². The molecule has 20 heavy (non-hydrogen) atoms. The average Bonchev–Trinajstić information content (AvgIpc) is 3.06. The number of fused-ring (bicyclic) bond motifs is 1. The van der Waals surface area contributed by atoms with Gasteiger partial charge in [-0.2, -0.15) is 0 Å². The SMILES string of the molecule is CCc1occc1C(=O)Nc1cc2c(cc1N)OCO2. The summed E-state index contributed by atoms with van der Waals surface area (Å²) in [6, 6.07) is 4.92. The molecule has 2 heterocycles. The number of nitrogens with two attached hydrogens (primary N) is 1. The Balaban J connectivity index is 1.86. The first kappa shape index (κ1) is 12.4. The van der Waals surface area contributed by atoms with Crippen LogP contribution in [0.15, 0.2) is 28.9 Å². The molecule has 1 aromatic carbocycles. The van der Waals surface area contributed by atoms with Crippen LogP contribution in [0.4, 0.5) is 11.4 Å². The summed E-state index contributed by atoms with van der Waals surface area (Å²) in [5.41, 5.74) is 7.31. The van der Waals surface area contributed by atoms with Crippen molar-refractivity contribution in [3.8, 4) is 11.5 Å². The summed E-state index contributed by atoms with van der Waals surface area (Å²) in [7, 11) is 0. The minimum Gasteiger partial charge on any atom is -0.469 e. The van der Waals surface area contributed by atoms with E-state index < -0.39 is 0 Å². The first-order chi connectivity index (χ1) is 9.69. The van der Waals surface area contributed by atoms with Gasteiger partial charge in [-0.25, -0.2) is 0 Å². The van der Waals surface area contributed by atoms with E-state index in [0.717, 1.165) is 0 Å². The number of carbonyl (C=O) groups excluding carboxylic acids is 1. The number of carbonyl (C=O) groups is 1. The quantitative estimate of drug-likeness (QED) is 0.839. The van der Waals surface area contributed by atoms with Crippen molar-refractivity contribution in [3.05, 3.63) is 35.8 Å². The Morgan fingerprint density at radius 1 is 1.35 bits per heavy atom. The summed E-state index contributed by atoms with van der Waals surface area (Å²) in [4.78, 5) is 12.2. The van der Waals surface area contributed by atoms with Crippen LogP contribution in [0.5, 0.6) is 11.5 Å². The smallest absolute Gasteiger partial charge is 0.259 e. The predicted molar refractivity (Wildman–Crippen MR) is 73.0 cm³/mol. The van der Waals surface area contributed by atoms with Crippen LogP contribution in [0.1, 0.15) is 23.0 Å². The zero-order valence-electron chi connectivity index (χ0n) is 10.9. The average molecular weight is 274 g/mol. The minimum absolute atomic E-state index is 0.161. The number of nitrogen functional groups attached to an aromatic ring is 1. The van der Waals surface area contributed by atoms with Gasteiger partial charge in [0, 0.05) is 18.6 Å². The second-order valence-electron chi connectivity index (χ2n) is 4.36. The van der Waals surface area contributed by atoms with Crippen molar-refractivity contribution in [3.63, 3.8) is 0 Å².